The van der Waals surface area contributed by atoms with E-state index in [4.69, 9.17) is 9.47 Å². The van der Waals surface area contributed by atoms with Gasteiger partial charge in [-0.15, -0.1) is 0 Å². The van der Waals surface area contributed by atoms with Gasteiger partial charge in [0, 0.05) is 18.9 Å². The van der Waals surface area contributed by atoms with Crippen LogP contribution in [0.5, 0.6) is 0 Å². The number of hydrogen-bond acceptors (Lipinski definition) is 4. The van der Waals surface area contributed by atoms with Crippen LogP contribution in [-0.4, -0.2) is 38.7 Å². The molecule has 0 unspecified atom stereocenters. The first-order chi connectivity index (χ1) is 9.60. The first kappa shape index (κ1) is 14.8. The van der Waals surface area contributed by atoms with Gasteiger partial charge in [0.15, 0.2) is 5.79 Å². The quantitative estimate of drug-likeness (QED) is 0.865. The third-order valence-corrected chi connectivity index (χ3v) is 6.89. The molecular weight excluding hydrogens is 278 g/mol. The highest BCUT2D eigenvalue weighted by molar-refractivity contribution is 7.90. The van der Waals surface area contributed by atoms with E-state index in [1.54, 1.807) is 0 Å². The second kappa shape index (κ2) is 5.91. The zero-order chi connectivity index (χ0) is 14.1. The van der Waals surface area contributed by atoms with Crippen LogP contribution in [0.25, 0.3) is 0 Å². The summed E-state index contributed by atoms with van der Waals surface area (Å²) < 4.78 is 39.1. The van der Waals surface area contributed by atoms with Crippen molar-refractivity contribution in [1.82, 2.24) is 4.72 Å². The van der Waals surface area contributed by atoms with Crippen molar-refractivity contribution >= 4 is 10.0 Å². The highest BCUT2D eigenvalue weighted by atomic mass is 32.2. The minimum absolute atomic E-state index is 0.0559. The van der Waals surface area contributed by atoms with Crippen molar-refractivity contribution in [3.8, 4) is 0 Å². The number of hydrogen-bond donors (Lipinski definition) is 1. The molecule has 1 heterocycles. The summed E-state index contributed by atoms with van der Waals surface area (Å²) in [6, 6.07) is 0.0559. The average Bonchev–Trinajstić information content (AvgIpc) is 2.91. The fourth-order valence-corrected chi connectivity index (χ4v) is 5.51. The van der Waals surface area contributed by atoms with Gasteiger partial charge < -0.3 is 9.47 Å². The van der Waals surface area contributed by atoms with E-state index in [0.29, 0.717) is 13.2 Å². The molecule has 1 aliphatic heterocycles. The Morgan fingerprint density at radius 1 is 0.900 bits per heavy atom. The third kappa shape index (κ3) is 3.18. The highest BCUT2D eigenvalue weighted by Gasteiger charge is 2.41. The summed E-state index contributed by atoms with van der Waals surface area (Å²) >= 11 is 0. The Bertz CT molecular complexity index is 414. The molecule has 2 aliphatic carbocycles. The van der Waals surface area contributed by atoms with Crippen molar-refractivity contribution in [1.29, 1.82) is 0 Å². The van der Waals surface area contributed by atoms with Gasteiger partial charge in [0.25, 0.3) is 0 Å². The lowest BCUT2D eigenvalue weighted by Gasteiger charge is -2.36. The van der Waals surface area contributed by atoms with Gasteiger partial charge in [0.2, 0.25) is 10.0 Å². The van der Waals surface area contributed by atoms with Crippen LogP contribution in [0.4, 0.5) is 0 Å². The zero-order valence-electron chi connectivity index (χ0n) is 12.0. The fraction of sp³-hybridized carbons (Fsp3) is 1.00. The molecule has 0 aromatic heterocycles. The second-order valence-corrected chi connectivity index (χ2v) is 8.30. The van der Waals surface area contributed by atoms with Gasteiger partial charge in [-0.2, -0.15) is 0 Å². The molecule has 20 heavy (non-hydrogen) atoms. The summed E-state index contributed by atoms with van der Waals surface area (Å²) in [5.74, 6) is -0.410. The molecule has 0 aromatic carbocycles. The van der Waals surface area contributed by atoms with Crippen LogP contribution in [0.15, 0.2) is 0 Å². The predicted molar refractivity (Wildman–Crippen MR) is 75.8 cm³/mol. The summed E-state index contributed by atoms with van der Waals surface area (Å²) in [6.07, 6.45) is 8.11. The predicted octanol–water partition coefficient (Wildman–Crippen LogP) is 1.92. The largest absolute Gasteiger partial charge is 0.348 e. The van der Waals surface area contributed by atoms with E-state index < -0.39 is 15.8 Å². The zero-order valence-corrected chi connectivity index (χ0v) is 12.8. The Hall–Kier alpha value is -0.170. The van der Waals surface area contributed by atoms with E-state index in [9.17, 15) is 8.42 Å². The summed E-state index contributed by atoms with van der Waals surface area (Å²) in [5, 5.41) is -0.175. The molecule has 0 bridgehead atoms. The minimum Gasteiger partial charge on any atom is -0.348 e. The maximum Gasteiger partial charge on any atom is 0.214 e. The van der Waals surface area contributed by atoms with Crippen molar-refractivity contribution in [2.75, 3.05) is 13.2 Å². The molecule has 1 N–H and O–H groups in total. The lowest BCUT2D eigenvalue weighted by Crippen LogP contribution is -2.46. The molecule has 2 saturated carbocycles. The molecule has 0 amide bonds. The molecule has 6 heteroatoms. The Labute approximate surface area is 121 Å². The maximum atomic E-state index is 12.4. The van der Waals surface area contributed by atoms with E-state index in [0.717, 1.165) is 51.4 Å². The van der Waals surface area contributed by atoms with Crippen molar-refractivity contribution in [2.45, 2.75) is 74.9 Å². The van der Waals surface area contributed by atoms with Crippen LogP contribution in [0.1, 0.15) is 57.8 Å². The van der Waals surface area contributed by atoms with Gasteiger partial charge in [0.05, 0.1) is 18.5 Å². The van der Waals surface area contributed by atoms with Gasteiger partial charge in [-0.25, -0.2) is 13.1 Å². The Morgan fingerprint density at radius 2 is 1.50 bits per heavy atom. The highest BCUT2D eigenvalue weighted by Crippen LogP contribution is 2.36. The van der Waals surface area contributed by atoms with E-state index in [2.05, 4.69) is 4.72 Å². The van der Waals surface area contributed by atoms with Gasteiger partial charge >= 0.3 is 0 Å². The Morgan fingerprint density at radius 3 is 2.10 bits per heavy atom. The average molecular weight is 303 g/mol. The van der Waals surface area contributed by atoms with E-state index in [-0.39, 0.29) is 11.3 Å². The van der Waals surface area contributed by atoms with Crippen LogP contribution in [0, 0.1) is 0 Å². The van der Waals surface area contributed by atoms with E-state index in [1.807, 2.05) is 0 Å². The molecule has 1 saturated heterocycles. The van der Waals surface area contributed by atoms with Crippen LogP contribution in [0.2, 0.25) is 0 Å². The summed E-state index contributed by atoms with van der Waals surface area (Å²) in [4.78, 5) is 0. The molecule has 0 aromatic rings. The van der Waals surface area contributed by atoms with Crippen molar-refractivity contribution in [3.05, 3.63) is 0 Å². The number of sulfonamides is 1. The number of ether oxygens (including phenoxy) is 2. The molecule has 116 valence electrons. The molecule has 0 atom stereocenters. The molecule has 0 radical (unpaired) electrons. The normalized spacial score (nSPS) is 29.0. The van der Waals surface area contributed by atoms with Crippen molar-refractivity contribution in [3.63, 3.8) is 0 Å². The topological polar surface area (TPSA) is 64.6 Å². The van der Waals surface area contributed by atoms with Crippen molar-refractivity contribution < 1.29 is 17.9 Å². The van der Waals surface area contributed by atoms with Gasteiger partial charge in [-0.05, 0) is 25.7 Å². The van der Waals surface area contributed by atoms with Gasteiger partial charge in [0.1, 0.15) is 0 Å². The second-order valence-electron chi connectivity index (χ2n) is 6.30. The summed E-state index contributed by atoms with van der Waals surface area (Å²) in [7, 11) is -3.15. The molecule has 3 fully saturated rings. The lowest BCUT2D eigenvalue weighted by atomic mass is 9.91. The SMILES string of the molecule is O=S(=O)(NC1CCC2(CC1)OCCO2)C1CCCCC1. The third-order valence-electron chi connectivity index (χ3n) is 4.88. The first-order valence-corrected chi connectivity index (χ1v) is 9.43. The molecule has 1 spiro atoms. The van der Waals surface area contributed by atoms with Gasteiger partial charge in [-0.3, -0.25) is 0 Å². The minimum atomic E-state index is -3.15. The van der Waals surface area contributed by atoms with Crippen molar-refractivity contribution in [2.24, 2.45) is 0 Å². The lowest BCUT2D eigenvalue weighted by molar-refractivity contribution is -0.178. The van der Waals surface area contributed by atoms with E-state index in [1.165, 1.54) is 6.42 Å². The monoisotopic (exact) mass is 303 g/mol. The first-order valence-electron chi connectivity index (χ1n) is 7.89. The number of nitrogens with one attached hydrogen (secondary N) is 1. The molecular formula is C14H25NO4S. The Balaban J connectivity index is 1.53. The molecule has 5 nitrogen and oxygen atoms in total. The van der Waals surface area contributed by atoms with Crippen LogP contribution in [-0.2, 0) is 19.5 Å². The summed E-state index contributed by atoms with van der Waals surface area (Å²) in [5.41, 5.74) is 0. The fourth-order valence-electron chi connectivity index (χ4n) is 3.67. The molecule has 3 aliphatic rings. The van der Waals surface area contributed by atoms with Crippen LogP contribution >= 0.6 is 0 Å². The van der Waals surface area contributed by atoms with Gasteiger partial charge in [-0.1, -0.05) is 19.3 Å². The summed E-state index contributed by atoms with van der Waals surface area (Å²) in [6.45, 7) is 1.33. The Kier molecular flexibility index (Phi) is 4.36. The standard InChI is InChI=1S/C14H25NO4S/c16-20(17,13-4-2-1-3-5-13)15-12-6-8-14(9-7-12)18-10-11-19-14/h12-13,15H,1-11H2. The van der Waals surface area contributed by atoms with Crippen LogP contribution in [0.3, 0.4) is 0 Å². The smallest absolute Gasteiger partial charge is 0.214 e. The number of rotatable bonds is 3. The van der Waals surface area contributed by atoms with E-state index >= 15 is 0 Å². The maximum absolute atomic E-state index is 12.4. The molecule has 3 rings (SSSR count). The van der Waals surface area contributed by atoms with Crippen LogP contribution < -0.4 is 4.72 Å².